The molecule has 1 aromatic carbocycles. The lowest BCUT2D eigenvalue weighted by molar-refractivity contribution is 0.320. The van der Waals surface area contributed by atoms with Crippen molar-refractivity contribution in [2.45, 2.75) is 31.5 Å². The van der Waals surface area contributed by atoms with Crippen molar-refractivity contribution in [2.75, 3.05) is 12.4 Å². The van der Waals surface area contributed by atoms with Gasteiger partial charge in [0.2, 0.25) is 5.16 Å². The maximum Gasteiger partial charge on any atom is 0.209 e. The Morgan fingerprint density at radius 2 is 2.05 bits per heavy atom. The van der Waals surface area contributed by atoms with E-state index in [1.165, 1.54) is 0 Å². The Bertz CT molecular complexity index is 612. The molecule has 0 saturated carbocycles. The van der Waals surface area contributed by atoms with E-state index >= 15 is 0 Å². The van der Waals surface area contributed by atoms with Crippen LogP contribution in [0.3, 0.4) is 0 Å². The first-order valence-electron chi connectivity index (χ1n) is 6.37. The average Bonchev–Trinajstić information content (AvgIpc) is 2.85. The van der Waals surface area contributed by atoms with Gasteiger partial charge >= 0.3 is 0 Å². The third-order valence-corrected chi connectivity index (χ3v) is 3.96. The van der Waals surface area contributed by atoms with Gasteiger partial charge in [0.25, 0.3) is 0 Å². The van der Waals surface area contributed by atoms with E-state index in [1.807, 2.05) is 0 Å². The van der Waals surface area contributed by atoms with Gasteiger partial charge in [-0.3, -0.25) is 0 Å². The van der Waals surface area contributed by atoms with Crippen LogP contribution in [0.1, 0.15) is 20.8 Å². The number of hydrogen-bond donors (Lipinski definition) is 0. The SMILES string of the molecule is CC(C)(C)n1nnnc1SCCOc1ccc(Cl)cc1Cl. The van der Waals surface area contributed by atoms with Crippen LogP contribution in [-0.4, -0.2) is 32.6 Å². The Morgan fingerprint density at radius 1 is 1.29 bits per heavy atom. The van der Waals surface area contributed by atoms with Crippen molar-refractivity contribution in [3.05, 3.63) is 28.2 Å². The molecule has 0 fully saturated rings. The number of thioether (sulfide) groups is 1. The average molecular weight is 347 g/mol. The molecule has 21 heavy (non-hydrogen) atoms. The van der Waals surface area contributed by atoms with E-state index < -0.39 is 0 Å². The normalized spacial score (nSPS) is 11.7. The second-order valence-electron chi connectivity index (χ2n) is 5.32. The van der Waals surface area contributed by atoms with Crippen molar-refractivity contribution in [1.29, 1.82) is 0 Å². The third kappa shape index (κ3) is 4.49. The number of ether oxygens (including phenoxy) is 1. The van der Waals surface area contributed by atoms with E-state index in [-0.39, 0.29) is 5.54 Å². The van der Waals surface area contributed by atoms with Crippen molar-refractivity contribution < 1.29 is 4.74 Å². The fraction of sp³-hybridized carbons (Fsp3) is 0.462. The summed E-state index contributed by atoms with van der Waals surface area (Å²) < 4.78 is 7.42. The van der Waals surface area contributed by atoms with Gasteiger partial charge in [0.15, 0.2) is 0 Å². The van der Waals surface area contributed by atoms with E-state index in [0.29, 0.717) is 22.4 Å². The molecule has 5 nitrogen and oxygen atoms in total. The van der Waals surface area contributed by atoms with E-state index in [1.54, 1.807) is 34.6 Å². The summed E-state index contributed by atoms with van der Waals surface area (Å²) in [6.07, 6.45) is 0. The highest BCUT2D eigenvalue weighted by molar-refractivity contribution is 7.99. The van der Waals surface area contributed by atoms with Gasteiger partial charge in [-0.1, -0.05) is 35.0 Å². The molecule has 1 heterocycles. The smallest absolute Gasteiger partial charge is 0.209 e. The van der Waals surface area contributed by atoms with Gasteiger partial charge < -0.3 is 4.74 Å². The highest BCUT2D eigenvalue weighted by atomic mass is 35.5. The second-order valence-corrected chi connectivity index (χ2v) is 7.22. The van der Waals surface area contributed by atoms with Gasteiger partial charge in [0.1, 0.15) is 5.75 Å². The minimum absolute atomic E-state index is 0.147. The summed E-state index contributed by atoms with van der Waals surface area (Å²) in [5, 5.41) is 13.6. The molecule has 0 spiro atoms. The molecular weight excluding hydrogens is 331 g/mol. The summed E-state index contributed by atoms with van der Waals surface area (Å²) >= 11 is 13.4. The van der Waals surface area contributed by atoms with Crippen LogP contribution >= 0.6 is 35.0 Å². The molecule has 0 amide bonds. The molecule has 0 unspecified atom stereocenters. The molecule has 1 aromatic heterocycles. The predicted molar refractivity (Wildman–Crippen MR) is 85.5 cm³/mol. The minimum Gasteiger partial charge on any atom is -0.491 e. The summed E-state index contributed by atoms with van der Waals surface area (Å²) in [5.74, 6) is 1.34. The molecule has 0 radical (unpaired) electrons. The summed E-state index contributed by atoms with van der Waals surface area (Å²) in [7, 11) is 0. The van der Waals surface area contributed by atoms with Crippen LogP contribution in [0.15, 0.2) is 23.4 Å². The van der Waals surface area contributed by atoms with Crippen LogP contribution in [0.4, 0.5) is 0 Å². The van der Waals surface area contributed by atoms with Crippen LogP contribution in [0.25, 0.3) is 0 Å². The maximum atomic E-state index is 6.04. The van der Waals surface area contributed by atoms with E-state index in [0.717, 1.165) is 10.9 Å². The summed E-state index contributed by atoms with van der Waals surface area (Å²) in [5.41, 5.74) is -0.147. The zero-order valence-electron chi connectivity index (χ0n) is 12.0. The predicted octanol–water partition coefficient (Wildman–Crippen LogP) is 3.91. The summed E-state index contributed by atoms with van der Waals surface area (Å²) in [6.45, 7) is 6.66. The molecular formula is C13H16Cl2N4OS. The molecule has 0 aliphatic rings. The zero-order chi connectivity index (χ0) is 15.5. The highest BCUT2D eigenvalue weighted by Gasteiger charge is 2.19. The fourth-order valence-electron chi connectivity index (χ4n) is 1.57. The number of halogens is 2. The lowest BCUT2D eigenvalue weighted by atomic mass is 10.1. The Balaban J connectivity index is 1.87. The number of tetrazole rings is 1. The van der Waals surface area contributed by atoms with E-state index in [2.05, 4.69) is 36.3 Å². The Morgan fingerprint density at radius 3 is 2.71 bits per heavy atom. The van der Waals surface area contributed by atoms with Crippen LogP contribution < -0.4 is 4.74 Å². The third-order valence-electron chi connectivity index (χ3n) is 2.54. The first-order valence-corrected chi connectivity index (χ1v) is 8.11. The van der Waals surface area contributed by atoms with Gasteiger partial charge in [-0.25, -0.2) is 4.68 Å². The first-order chi connectivity index (χ1) is 9.88. The van der Waals surface area contributed by atoms with Crippen molar-refractivity contribution in [2.24, 2.45) is 0 Å². The fourth-order valence-corrected chi connectivity index (χ4v) is 2.91. The minimum atomic E-state index is -0.147. The Kier molecular flexibility index (Phi) is 5.35. The monoisotopic (exact) mass is 346 g/mol. The standard InChI is InChI=1S/C13H16Cl2N4OS/c1-13(2,3)19-12(16-17-18-19)21-7-6-20-11-5-4-9(14)8-10(11)15/h4-5,8H,6-7H2,1-3H3. The molecule has 2 aromatic rings. The Hall–Kier alpha value is -0.980. The zero-order valence-corrected chi connectivity index (χ0v) is 14.3. The van der Waals surface area contributed by atoms with Crippen molar-refractivity contribution in [1.82, 2.24) is 20.2 Å². The van der Waals surface area contributed by atoms with Gasteiger partial charge in [0, 0.05) is 10.8 Å². The van der Waals surface area contributed by atoms with Gasteiger partial charge in [-0.2, -0.15) is 0 Å². The second kappa shape index (κ2) is 6.85. The number of benzene rings is 1. The quantitative estimate of drug-likeness (QED) is 0.606. The molecule has 2 rings (SSSR count). The van der Waals surface area contributed by atoms with Crippen molar-refractivity contribution >= 4 is 35.0 Å². The topological polar surface area (TPSA) is 52.8 Å². The number of hydrogen-bond acceptors (Lipinski definition) is 5. The Labute approximate surface area is 138 Å². The van der Waals surface area contributed by atoms with Crippen LogP contribution in [-0.2, 0) is 5.54 Å². The maximum absolute atomic E-state index is 6.04. The van der Waals surface area contributed by atoms with Crippen molar-refractivity contribution in [3.63, 3.8) is 0 Å². The summed E-state index contributed by atoms with van der Waals surface area (Å²) in [6, 6.07) is 5.16. The molecule has 0 aliphatic heterocycles. The lowest BCUT2D eigenvalue weighted by Gasteiger charge is -2.19. The molecule has 0 saturated heterocycles. The molecule has 0 N–H and O–H groups in total. The molecule has 0 atom stereocenters. The van der Waals surface area contributed by atoms with Crippen LogP contribution in [0, 0.1) is 0 Å². The van der Waals surface area contributed by atoms with Gasteiger partial charge in [-0.15, -0.1) is 5.10 Å². The molecule has 114 valence electrons. The van der Waals surface area contributed by atoms with Crippen LogP contribution in [0.5, 0.6) is 5.75 Å². The highest BCUT2D eigenvalue weighted by Crippen LogP contribution is 2.28. The first kappa shape index (κ1) is 16.4. The molecule has 0 aliphatic carbocycles. The largest absolute Gasteiger partial charge is 0.491 e. The molecule has 8 heteroatoms. The van der Waals surface area contributed by atoms with Gasteiger partial charge in [0.05, 0.1) is 17.2 Å². The number of nitrogens with zero attached hydrogens (tertiary/aromatic N) is 4. The lowest BCUT2D eigenvalue weighted by Crippen LogP contribution is -2.24. The van der Waals surface area contributed by atoms with Crippen LogP contribution in [0.2, 0.25) is 10.0 Å². The van der Waals surface area contributed by atoms with E-state index in [9.17, 15) is 0 Å². The number of aromatic nitrogens is 4. The van der Waals surface area contributed by atoms with Gasteiger partial charge in [-0.05, 0) is 49.4 Å². The summed E-state index contributed by atoms with van der Waals surface area (Å²) in [4.78, 5) is 0. The number of rotatable bonds is 5. The van der Waals surface area contributed by atoms with E-state index in [4.69, 9.17) is 27.9 Å². The van der Waals surface area contributed by atoms with Crippen molar-refractivity contribution in [3.8, 4) is 5.75 Å². The molecule has 0 bridgehead atoms.